The summed E-state index contributed by atoms with van der Waals surface area (Å²) in [5.41, 5.74) is 8.55. The van der Waals surface area contributed by atoms with Crippen molar-refractivity contribution in [2.75, 3.05) is 24.5 Å². The summed E-state index contributed by atoms with van der Waals surface area (Å²) in [4.78, 5) is 14.1. The van der Waals surface area contributed by atoms with Gasteiger partial charge in [-0.15, -0.1) is 0 Å². The Morgan fingerprint density at radius 2 is 2.25 bits per heavy atom. The molecule has 1 amide bonds. The number of fused-ring (bicyclic) bond motifs is 1. The van der Waals surface area contributed by atoms with Crippen LogP contribution in [0.25, 0.3) is 0 Å². The maximum atomic E-state index is 11.7. The quantitative estimate of drug-likeness (QED) is 0.744. The van der Waals surface area contributed by atoms with Gasteiger partial charge < -0.3 is 16.0 Å². The van der Waals surface area contributed by atoms with Crippen molar-refractivity contribution in [3.8, 4) is 0 Å². The van der Waals surface area contributed by atoms with Crippen molar-refractivity contribution in [3.05, 3.63) is 29.8 Å². The summed E-state index contributed by atoms with van der Waals surface area (Å²) in [5, 5.41) is 2.92. The van der Waals surface area contributed by atoms with Crippen molar-refractivity contribution in [2.45, 2.75) is 38.6 Å². The van der Waals surface area contributed by atoms with Crippen LogP contribution in [0.15, 0.2) is 24.3 Å². The Morgan fingerprint density at radius 3 is 3.05 bits per heavy atom. The minimum Gasteiger partial charge on any atom is -0.371 e. The molecule has 0 unspecified atom stereocenters. The zero-order chi connectivity index (χ0) is 14.4. The molecule has 0 aromatic heterocycles. The lowest BCUT2D eigenvalue weighted by Crippen LogP contribution is -2.41. The molecule has 0 fully saturated rings. The van der Waals surface area contributed by atoms with Crippen LogP contribution in [-0.4, -0.2) is 31.6 Å². The maximum Gasteiger partial charge on any atom is 0.236 e. The lowest BCUT2D eigenvalue weighted by atomic mass is 10.1. The SMILES string of the molecule is CCC[C@H](N)C(=O)NCCCN1CCc2ccccc21. The Bertz CT molecular complexity index is 447. The van der Waals surface area contributed by atoms with Crippen LogP contribution in [-0.2, 0) is 11.2 Å². The molecule has 1 heterocycles. The second kappa shape index (κ2) is 7.29. The Balaban J connectivity index is 1.69. The molecule has 110 valence electrons. The van der Waals surface area contributed by atoms with E-state index in [0.29, 0.717) is 6.54 Å². The van der Waals surface area contributed by atoms with Gasteiger partial charge in [0.2, 0.25) is 5.91 Å². The lowest BCUT2D eigenvalue weighted by Gasteiger charge is -2.19. The van der Waals surface area contributed by atoms with Gasteiger partial charge in [0.1, 0.15) is 0 Å². The smallest absolute Gasteiger partial charge is 0.236 e. The van der Waals surface area contributed by atoms with Crippen molar-refractivity contribution in [3.63, 3.8) is 0 Å². The highest BCUT2D eigenvalue weighted by molar-refractivity contribution is 5.81. The minimum atomic E-state index is -0.354. The molecule has 1 aromatic rings. The number of carbonyl (C=O) groups excluding carboxylic acids is 1. The number of hydrogen-bond donors (Lipinski definition) is 2. The number of nitrogens with one attached hydrogen (secondary N) is 1. The zero-order valence-electron chi connectivity index (χ0n) is 12.3. The largest absolute Gasteiger partial charge is 0.371 e. The van der Waals surface area contributed by atoms with E-state index < -0.39 is 0 Å². The number of para-hydroxylation sites is 1. The van der Waals surface area contributed by atoms with Crippen LogP contribution in [0.4, 0.5) is 5.69 Å². The second-order valence-electron chi connectivity index (χ2n) is 5.41. The molecule has 0 bridgehead atoms. The lowest BCUT2D eigenvalue weighted by molar-refractivity contribution is -0.122. The molecular formula is C16H25N3O. The Kier molecular flexibility index (Phi) is 5.41. The predicted molar refractivity (Wildman–Crippen MR) is 82.9 cm³/mol. The van der Waals surface area contributed by atoms with E-state index in [1.807, 2.05) is 6.92 Å². The van der Waals surface area contributed by atoms with Crippen LogP contribution in [0.5, 0.6) is 0 Å². The van der Waals surface area contributed by atoms with Crippen molar-refractivity contribution in [1.82, 2.24) is 5.32 Å². The van der Waals surface area contributed by atoms with E-state index in [0.717, 1.165) is 38.8 Å². The maximum absolute atomic E-state index is 11.7. The van der Waals surface area contributed by atoms with E-state index in [2.05, 4.69) is 34.5 Å². The standard InChI is InChI=1S/C16H25N3O/c1-2-6-14(17)16(20)18-10-5-11-19-12-9-13-7-3-4-8-15(13)19/h3-4,7-8,14H,2,5-6,9-12,17H2,1H3,(H,18,20)/t14-/m0/s1. The first-order valence-electron chi connectivity index (χ1n) is 7.58. The number of amides is 1. The van der Waals surface area contributed by atoms with Crippen LogP contribution in [0, 0.1) is 0 Å². The van der Waals surface area contributed by atoms with Gasteiger partial charge in [0.05, 0.1) is 6.04 Å². The first kappa shape index (κ1) is 14.9. The number of benzene rings is 1. The van der Waals surface area contributed by atoms with Gasteiger partial charge in [-0.25, -0.2) is 0 Å². The van der Waals surface area contributed by atoms with Gasteiger partial charge in [-0.1, -0.05) is 31.5 Å². The fourth-order valence-electron chi connectivity index (χ4n) is 2.69. The van der Waals surface area contributed by atoms with Gasteiger partial charge >= 0.3 is 0 Å². The topological polar surface area (TPSA) is 58.4 Å². The highest BCUT2D eigenvalue weighted by atomic mass is 16.2. The molecule has 1 aliphatic heterocycles. The summed E-state index contributed by atoms with van der Waals surface area (Å²) in [6, 6.07) is 8.20. The molecule has 0 saturated carbocycles. The summed E-state index contributed by atoms with van der Waals surface area (Å²) < 4.78 is 0. The molecule has 0 saturated heterocycles. The molecule has 3 N–H and O–H groups in total. The van der Waals surface area contributed by atoms with Crippen LogP contribution < -0.4 is 16.0 Å². The Hall–Kier alpha value is -1.55. The van der Waals surface area contributed by atoms with E-state index in [9.17, 15) is 4.79 Å². The van der Waals surface area contributed by atoms with Gasteiger partial charge in [-0.2, -0.15) is 0 Å². The fraction of sp³-hybridized carbons (Fsp3) is 0.562. The molecule has 2 rings (SSSR count). The number of nitrogens with zero attached hydrogens (tertiary/aromatic N) is 1. The van der Waals surface area contributed by atoms with Crippen molar-refractivity contribution in [1.29, 1.82) is 0 Å². The average molecular weight is 275 g/mol. The van der Waals surface area contributed by atoms with Crippen LogP contribution in [0.2, 0.25) is 0 Å². The summed E-state index contributed by atoms with van der Waals surface area (Å²) in [7, 11) is 0. The number of carbonyl (C=O) groups is 1. The van der Waals surface area contributed by atoms with Gasteiger partial charge in [0.15, 0.2) is 0 Å². The molecule has 20 heavy (non-hydrogen) atoms. The third kappa shape index (κ3) is 3.73. The zero-order valence-corrected chi connectivity index (χ0v) is 12.3. The highest BCUT2D eigenvalue weighted by Crippen LogP contribution is 2.27. The number of nitrogens with two attached hydrogens (primary N) is 1. The molecule has 1 aliphatic rings. The predicted octanol–water partition coefficient (Wildman–Crippen LogP) is 1.68. The first-order chi connectivity index (χ1) is 9.72. The highest BCUT2D eigenvalue weighted by Gasteiger charge is 2.17. The van der Waals surface area contributed by atoms with Crippen LogP contribution in [0.1, 0.15) is 31.7 Å². The summed E-state index contributed by atoms with van der Waals surface area (Å²) in [6.07, 6.45) is 3.79. The summed E-state index contributed by atoms with van der Waals surface area (Å²) in [6.45, 7) is 4.82. The molecule has 0 radical (unpaired) electrons. The molecule has 4 nitrogen and oxygen atoms in total. The fourth-order valence-corrected chi connectivity index (χ4v) is 2.69. The van der Waals surface area contributed by atoms with E-state index >= 15 is 0 Å². The Labute approximate surface area is 121 Å². The third-order valence-electron chi connectivity index (χ3n) is 3.82. The monoisotopic (exact) mass is 275 g/mol. The van der Waals surface area contributed by atoms with Gasteiger partial charge in [-0.3, -0.25) is 4.79 Å². The molecule has 1 aromatic carbocycles. The molecule has 0 spiro atoms. The van der Waals surface area contributed by atoms with E-state index in [-0.39, 0.29) is 11.9 Å². The molecule has 1 atom stereocenters. The Morgan fingerprint density at radius 1 is 1.45 bits per heavy atom. The number of anilines is 1. The minimum absolute atomic E-state index is 0.0197. The van der Waals surface area contributed by atoms with Crippen molar-refractivity contribution < 1.29 is 4.79 Å². The molecule has 4 heteroatoms. The molecular weight excluding hydrogens is 250 g/mol. The molecule has 0 aliphatic carbocycles. The van der Waals surface area contributed by atoms with E-state index in [1.165, 1.54) is 11.3 Å². The number of rotatable bonds is 7. The normalized spacial score (nSPS) is 15.0. The first-order valence-corrected chi connectivity index (χ1v) is 7.58. The van der Waals surface area contributed by atoms with Gasteiger partial charge in [0.25, 0.3) is 0 Å². The van der Waals surface area contributed by atoms with Gasteiger partial charge in [0, 0.05) is 25.3 Å². The summed E-state index contributed by atoms with van der Waals surface area (Å²) >= 11 is 0. The van der Waals surface area contributed by atoms with Crippen molar-refractivity contribution >= 4 is 11.6 Å². The van der Waals surface area contributed by atoms with Crippen LogP contribution >= 0.6 is 0 Å². The van der Waals surface area contributed by atoms with Gasteiger partial charge in [-0.05, 0) is 30.9 Å². The summed E-state index contributed by atoms with van der Waals surface area (Å²) in [5.74, 6) is -0.0197. The van der Waals surface area contributed by atoms with E-state index in [1.54, 1.807) is 0 Å². The van der Waals surface area contributed by atoms with E-state index in [4.69, 9.17) is 5.73 Å². The number of hydrogen-bond acceptors (Lipinski definition) is 3. The second-order valence-corrected chi connectivity index (χ2v) is 5.41. The average Bonchev–Trinajstić information content (AvgIpc) is 2.87. The van der Waals surface area contributed by atoms with Crippen molar-refractivity contribution in [2.24, 2.45) is 5.73 Å². The van der Waals surface area contributed by atoms with Crippen LogP contribution in [0.3, 0.4) is 0 Å². The third-order valence-corrected chi connectivity index (χ3v) is 3.82.